The smallest absolute Gasteiger partial charge is 0.406 e. The van der Waals surface area contributed by atoms with Crippen molar-refractivity contribution in [3.8, 4) is 5.75 Å². The Hall–Kier alpha value is -4.08. The summed E-state index contributed by atoms with van der Waals surface area (Å²) in [4.78, 5) is 37.0. The molecule has 7 nitrogen and oxygen atoms in total. The van der Waals surface area contributed by atoms with Crippen molar-refractivity contribution in [2.75, 3.05) is 0 Å². The zero-order valence-corrected chi connectivity index (χ0v) is 18.7. The van der Waals surface area contributed by atoms with E-state index < -0.39 is 17.5 Å². The highest BCUT2D eigenvalue weighted by molar-refractivity contribution is 5.59. The molecule has 0 saturated heterocycles. The van der Waals surface area contributed by atoms with Crippen molar-refractivity contribution in [2.45, 2.75) is 32.5 Å². The third-order valence-corrected chi connectivity index (χ3v) is 4.56. The van der Waals surface area contributed by atoms with E-state index in [9.17, 15) is 22.8 Å². The zero-order chi connectivity index (χ0) is 24.9. The Kier molecular flexibility index (Phi) is 7.09. The zero-order valence-electron chi connectivity index (χ0n) is 18.7. The molecule has 2 aromatic heterocycles. The number of halogens is 3. The molecule has 2 heterocycles. The average molecular weight is 472 g/mol. The van der Waals surface area contributed by atoms with Gasteiger partial charge in [0.2, 0.25) is 0 Å². The van der Waals surface area contributed by atoms with Gasteiger partial charge in [0.25, 0.3) is 11.1 Å². The molecule has 0 aliphatic carbocycles. The lowest BCUT2D eigenvalue weighted by Gasteiger charge is -2.16. The van der Waals surface area contributed by atoms with Crippen LogP contribution in [0.4, 0.5) is 13.2 Å². The summed E-state index contributed by atoms with van der Waals surface area (Å²) in [5.74, 6) is -0.363. The summed E-state index contributed by atoms with van der Waals surface area (Å²) in [6, 6.07) is 5.34. The molecule has 0 atom stereocenters. The van der Waals surface area contributed by atoms with Crippen molar-refractivity contribution < 1.29 is 17.9 Å². The van der Waals surface area contributed by atoms with Crippen molar-refractivity contribution in [3.05, 3.63) is 91.1 Å². The number of imidazole rings is 1. The molecular formula is C24H23F3N4O3. The van der Waals surface area contributed by atoms with Crippen LogP contribution in [0, 0.1) is 0 Å². The maximum absolute atomic E-state index is 12.3. The number of nitrogens with one attached hydrogen (secondary N) is 3. The molecule has 0 aliphatic heterocycles. The normalized spacial score (nSPS) is 13.9. The molecule has 0 bridgehead atoms. The van der Waals surface area contributed by atoms with Crippen molar-refractivity contribution in [1.29, 1.82) is 0 Å². The van der Waals surface area contributed by atoms with Crippen molar-refractivity contribution in [2.24, 2.45) is 0 Å². The van der Waals surface area contributed by atoms with Crippen LogP contribution in [-0.4, -0.2) is 26.3 Å². The fourth-order valence-corrected chi connectivity index (χ4v) is 3.07. The Morgan fingerprint density at radius 3 is 2.15 bits per heavy atom. The van der Waals surface area contributed by atoms with Gasteiger partial charge in [-0.2, -0.15) is 0 Å². The Morgan fingerprint density at radius 2 is 1.56 bits per heavy atom. The summed E-state index contributed by atoms with van der Waals surface area (Å²) in [5, 5.41) is 0.0552. The van der Waals surface area contributed by atoms with Crippen LogP contribution < -0.4 is 26.6 Å². The fraction of sp³-hybridized carbons (Fsp3) is 0.208. The van der Waals surface area contributed by atoms with E-state index >= 15 is 0 Å². The highest BCUT2D eigenvalue weighted by atomic mass is 19.4. The molecule has 0 saturated carbocycles. The van der Waals surface area contributed by atoms with E-state index in [1.54, 1.807) is 24.5 Å². The maximum Gasteiger partial charge on any atom is 0.573 e. The summed E-state index contributed by atoms with van der Waals surface area (Å²) >= 11 is 0. The van der Waals surface area contributed by atoms with Crippen LogP contribution in [0.15, 0.2) is 52.3 Å². The second-order valence-electron chi connectivity index (χ2n) is 8.32. The number of hydrogen-bond donors (Lipinski definition) is 3. The molecule has 3 N–H and O–H groups in total. The topological polar surface area (TPSA) is 104 Å². The lowest BCUT2D eigenvalue weighted by Crippen LogP contribution is -2.46. The van der Waals surface area contributed by atoms with Crippen LogP contribution in [0.1, 0.15) is 37.7 Å². The van der Waals surface area contributed by atoms with Gasteiger partial charge in [0, 0.05) is 11.1 Å². The van der Waals surface area contributed by atoms with Gasteiger partial charge in [0.1, 0.15) is 16.4 Å². The van der Waals surface area contributed by atoms with Crippen molar-refractivity contribution in [3.63, 3.8) is 0 Å². The van der Waals surface area contributed by atoms with Crippen LogP contribution in [0.5, 0.6) is 5.75 Å². The molecule has 0 radical (unpaired) electrons. The highest BCUT2D eigenvalue weighted by Crippen LogP contribution is 2.24. The van der Waals surface area contributed by atoms with Crippen LogP contribution >= 0.6 is 0 Å². The third-order valence-electron chi connectivity index (χ3n) is 4.56. The molecule has 0 amide bonds. The summed E-state index contributed by atoms with van der Waals surface area (Å²) < 4.78 is 40.9. The van der Waals surface area contributed by atoms with E-state index in [-0.39, 0.29) is 21.9 Å². The predicted molar refractivity (Wildman–Crippen MR) is 124 cm³/mol. The lowest BCUT2D eigenvalue weighted by molar-refractivity contribution is -0.274. The number of hydrogen-bond acceptors (Lipinski definition) is 4. The van der Waals surface area contributed by atoms with Crippen LogP contribution in [0.2, 0.25) is 0 Å². The second kappa shape index (κ2) is 9.82. The summed E-state index contributed by atoms with van der Waals surface area (Å²) in [6.45, 7) is 6.13. The summed E-state index contributed by atoms with van der Waals surface area (Å²) in [7, 11) is 0. The van der Waals surface area contributed by atoms with Gasteiger partial charge in [-0.3, -0.25) is 9.59 Å². The number of ether oxygens (including phenoxy) is 1. The molecule has 3 rings (SSSR count). The molecule has 34 heavy (non-hydrogen) atoms. The van der Waals surface area contributed by atoms with Gasteiger partial charge in [-0.1, -0.05) is 51.1 Å². The standard InChI is InChI=1S/C24H23F3N4O3/c1-23(2,3)20-17(28-14-29-20)10-6-12-19-22(33)30-18(21(32)31-19)11-5-8-15-7-4-9-16(13-15)34-24(25,26)27/h4-14H,1-3H3,(H,28,29)(H,30,33)(H,31,32)/b8-5+,10-6+,18-11-,19-12-. The number of H-pyrrole nitrogens is 3. The van der Waals surface area contributed by atoms with E-state index in [0.29, 0.717) is 5.56 Å². The van der Waals surface area contributed by atoms with Gasteiger partial charge in [0.05, 0.1) is 12.0 Å². The van der Waals surface area contributed by atoms with Crippen molar-refractivity contribution in [1.82, 2.24) is 19.9 Å². The lowest BCUT2D eigenvalue weighted by atomic mass is 9.90. The van der Waals surface area contributed by atoms with Gasteiger partial charge >= 0.3 is 6.36 Å². The van der Waals surface area contributed by atoms with Gasteiger partial charge in [0.15, 0.2) is 0 Å². The number of benzene rings is 1. The maximum atomic E-state index is 12.3. The first-order chi connectivity index (χ1) is 15.9. The van der Waals surface area contributed by atoms with E-state index in [4.69, 9.17) is 0 Å². The number of aromatic nitrogens is 4. The summed E-state index contributed by atoms with van der Waals surface area (Å²) in [5.41, 5.74) is 0.893. The molecule has 10 heteroatoms. The van der Waals surface area contributed by atoms with Crippen LogP contribution in [0.3, 0.4) is 0 Å². The SMILES string of the molecule is CC(C)(C)c1[nH]cnc1/C=C/C=c1\[nH]c(=O)/c(=C/C=C/c2cccc(OC(F)(F)F)c2)[nH]c1=O. The monoisotopic (exact) mass is 472 g/mol. The number of nitrogens with zero attached hydrogens (tertiary/aromatic N) is 1. The van der Waals surface area contributed by atoms with Crippen molar-refractivity contribution >= 4 is 24.3 Å². The molecule has 0 spiro atoms. The largest absolute Gasteiger partial charge is 0.573 e. The minimum absolute atomic E-state index is 0.00704. The first-order valence-electron chi connectivity index (χ1n) is 10.2. The Morgan fingerprint density at radius 1 is 0.941 bits per heavy atom. The Bertz CT molecular complexity index is 1450. The van der Waals surface area contributed by atoms with Gasteiger partial charge in [-0.05, 0) is 35.9 Å². The Balaban J connectivity index is 1.82. The van der Waals surface area contributed by atoms with E-state index in [1.807, 2.05) is 20.8 Å². The summed E-state index contributed by atoms with van der Waals surface area (Å²) in [6.07, 6.45) is 5.86. The minimum Gasteiger partial charge on any atom is -0.406 e. The number of alkyl halides is 3. The molecule has 178 valence electrons. The van der Waals surface area contributed by atoms with E-state index in [0.717, 1.165) is 11.4 Å². The molecular weight excluding hydrogens is 449 g/mol. The number of rotatable bonds is 5. The first-order valence-corrected chi connectivity index (χ1v) is 10.2. The fourth-order valence-electron chi connectivity index (χ4n) is 3.07. The molecule has 0 aliphatic rings. The quantitative estimate of drug-likeness (QED) is 0.531. The molecule has 0 unspecified atom stereocenters. The average Bonchev–Trinajstić information content (AvgIpc) is 3.19. The molecule has 0 fully saturated rings. The number of aromatic amines is 3. The van der Waals surface area contributed by atoms with Crippen LogP contribution in [0.25, 0.3) is 24.3 Å². The van der Waals surface area contributed by atoms with Gasteiger partial charge in [-0.15, -0.1) is 13.2 Å². The Labute approximate surface area is 192 Å². The molecule has 3 aromatic rings. The highest BCUT2D eigenvalue weighted by Gasteiger charge is 2.31. The predicted octanol–water partition coefficient (Wildman–Crippen LogP) is 2.97. The third kappa shape index (κ3) is 6.71. The molecule has 1 aromatic carbocycles. The van der Waals surface area contributed by atoms with E-state index in [2.05, 4.69) is 24.7 Å². The van der Waals surface area contributed by atoms with Gasteiger partial charge in [-0.25, -0.2) is 4.98 Å². The minimum atomic E-state index is -4.79. The van der Waals surface area contributed by atoms with E-state index in [1.165, 1.54) is 42.5 Å². The van der Waals surface area contributed by atoms with Gasteiger partial charge < -0.3 is 19.7 Å². The first kappa shape index (κ1) is 24.6. The van der Waals surface area contributed by atoms with Crippen LogP contribution in [-0.2, 0) is 5.41 Å². The second-order valence-corrected chi connectivity index (χ2v) is 8.32. The number of allylic oxidation sites excluding steroid dienone is 2.